The van der Waals surface area contributed by atoms with Gasteiger partial charge in [-0.15, -0.1) is 0 Å². The molecule has 104 valence electrons. The quantitative estimate of drug-likeness (QED) is 0.690. The van der Waals surface area contributed by atoms with Crippen LogP contribution in [0.5, 0.6) is 0 Å². The average molecular weight is 277 g/mol. The lowest BCUT2D eigenvalue weighted by molar-refractivity contribution is -0.144. The second-order valence-electron chi connectivity index (χ2n) is 4.26. The van der Waals surface area contributed by atoms with Crippen LogP contribution in [0.15, 0.2) is 42.5 Å². The van der Waals surface area contributed by atoms with Crippen LogP contribution in [0.3, 0.4) is 0 Å². The van der Waals surface area contributed by atoms with Crippen molar-refractivity contribution in [3.63, 3.8) is 0 Å². The molecular weight excluding hydrogens is 264 g/mol. The lowest BCUT2D eigenvalue weighted by atomic mass is 10.1. The summed E-state index contributed by atoms with van der Waals surface area (Å²) < 4.78 is 31.6. The monoisotopic (exact) mass is 277 g/mol. The Labute approximate surface area is 115 Å². The standard InChI is InChI=1S/C15H13F2NO2/c16-12-7-6-11(14(17)15(12)18)8-13(19)20-9-10-4-2-1-3-5-10/h1-7H,8-9,18H2. The van der Waals surface area contributed by atoms with Crippen molar-refractivity contribution >= 4 is 11.7 Å². The summed E-state index contributed by atoms with van der Waals surface area (Å²) in [5, 5.41) is 0. The zero-order chi connectivity index (χ0) is 14.5. The van der Waals surface area contributed by atoms with Gasteiger partial charge in [0.15, 0.2) is 5.82 Å². The van der Waals surface area contributed by atoms with Crippen LogP contribution in [0.4, 0.5) is 14.5 Å². The molecule has 0 bridgehead atoms. The van der Waals surface area contributed by atoms with Gasteiger partial charge < -0.3 is 10.5 Å². The number of rotatable bonds is 4. The Morgan fingerprint density at radius 2 is 1.80 bits per heavy atom. The molecule has 5 heteroatoms. The predicted octanol–water partition coefficient (Wildman–Crippen LogP) is 2.83. The van der Waals surface area contributed by atoms with Crippen molar-refractivity contribution in [2.24, 2.45) is 0 Å². The first kappa shape index (κ1) is 14.0. The van der Waals surface area contributed by atoms with Crippen molar-refractivity contribution in [3.8, 4) is 0 Å². The number of esters is 1. The lowest BCUT2D eigenvalue weighted by Gasteiger charge is -2.07. The van der Waals surface area contributed by atoms with E-state index < -0.39 is 23.3 Å². The van der Waals surface area contributed by atoms with Gasteiger partial charge in [-0.2, -0.15) is 0 Å². The largest absolute Gasteiger partial charge is 0.461 e. The summed E-state index contributed by atoms with van der Waals surface area (Å²) in [6.45, 7) is 0.109. The molecule has 3 nitrogen and oxygen atoms in total. The van der Waals surface area contributed by atoms with E-state index in [1.165, 1.54) is 6.07 Å². The minimum absolute atomic E-state index is 0.0157. The molecule has 0 spiro atoms. The van der Waals surface area contributed by atoms with Crippen LogP contribution >= 0.6 is 0 Å². The Bertz CT molecular complexity index is 615. The van der Waals surface area contributed by atoms with E-state index in [2.05, 4.69) is 0 Å². The molecule has 0 heterocycles. The second kappa shape index (κ2) is 6.14. The van der Waals surface area contributed by atoms with Crippen molar-refractivity contribution < 1.29 is 18.3 Å². The summed E-state index contributed by atoms with van der Waals surface area (Å²) in [4.78, 5) is 11.6. The number of hydrogen-bond acceptors (Lipinski definition) is 3. The topological polar surface area (TPSA) is 52.3 Å². The fourth-order valence-corrected chi connectivity index (χ4v) is 1.70. The van der Waals surface area contributed by atoms with E-state index in [9.17, 15) is 13.6 Å². The van der Waals surface area contributed by atoms with Crippen LogP contribution in [0.1, 0.15) is 11.1 Å². The smallest absolute Gasteiger partial charge is 0.310 e. The third-order valence-electron chi connectivity index (χ3n) is 2.78. The van der Waals surface area contributed by atoms with E-state index in [1.807, 2.05) is 30.3 Å². The number of carbonyl (C=O) groups excluding carboxylic acids is 1. The molecule has 2 N–H and O–H groups in total. The highest BCUT2D eigenvalue weighted by Gasteiger charge is 2.14. The minimum atomic E-state index is -0.915. The number of nitrogen functional groups attached to an aromatic ring is 1. The highest BCUT2D eigenvalue weighted by atomic mass is 19.1. The Hall–Kier alpha value is -2.43. The van der Waals surface area contributed by atoms with E-state index >= 15 is 0 Å². The molecule has 0 aliphatic carbocycles. The van der Waals surface area contributed by atoms with E-state index in [-0.39, 0.29) is 18.6 Å². The molecule has 0 aromatic heterocycles. The van der Waals surface area contributed by atoms with Gasteiger partial charge in [0.1, 0.15) is 18.1 Å². The number of hydrogen-bond donors (Lipinski definition) is 1. The molecule has 0 aliphatic heterocycles. The van der Waals surface area contributed by atoms with Crippen LogP contribution in [0, 0.1) is 11.6 Å². The van der Waals surface area contributed by atoms with Crippen molar-refractivity contribution in [2.45, 2.75) is 13.0 Å². The Balaban J connectivity index is 1.97. The van der Waals surface area contributed by atoms with Crippen LogP contribution in [-0.2, 0) is 22.6 Å². The second-order valence-corrected chi connectivity index (χ2v) is 4.26. The predicted molar refractivity (Wildman–Crippen MR) is 70.7 cm³/mol. The first-order chi connectivity index (χ1) is 9.58. The Morgan fingerprint density at radius 3 is 2.50 bits per heavy atom. The number of halogens is 2. The molecule has 2 rings (SSSR count). The highest BCUT2D eigenvalue weighted by Crippen LogP contribution is 2.19. The van der Waals surface area contributed by atoms with E-state index in [1.54, 1.807) is 0 Å². The summed E-state index contributed by atoms with van der Waals surface area (Å²) in [7, 11) is 0. The third kappa shape index (κ3) is 3.32. The minimum Gasteiger partial charge on any atom is -0.461 e. The maximum absolute atomic E-state index is 13.6. The fraction of sp³-hybridized carbons (Fsp3) is 0.133. The molecule has 0 radical (unpaired) electrons. The zero-order valence-corrected chi connectivity index (χ0v) is 10.6. The van der Waals surface area contributed by atoms with Gasteiger partial charge in [0.25, 0.3) is 0 Å². The summed E-state index contributed by atoms with van der Waals surface area (Å²) in [5.74, 6) is -2.36. The highest BCUT2D eigenvalue weighted by molar-refractivity contribution is 5.73. The van der Waals surface area contributed by atoms with E-state index in [0.29, 0.717) is 0 Å². The number of benzene rings is 2. The van der Waals surface area contributed by atoms with Gasteiger partial charge in [-0.1, -0.05) is 36.4 Å². The number of carbonyl (C=O) groups is 1. The molecule has 0 fully saturated rings. The fourth-order valence-electron chi connectivity index (χ4n) is 1.70. The van der Waals surface area contributed by atoms with Gasteiger partial charge in [0, 0.05) is 5.56 Å². The first-order valence-corrected chi connectivity index (χ1v) is 6.00. The molecular formula is C15H13F2NO2. The van der Waals surface area contributed by atoms with Crippen molar-refractivity contribution in [3.05, 3.63) is 65.2 Å². The zero-order valence-electron chi connectivity index (χ0n) is 10.6. The van der Waals surface area contributed by atoms with Gasteiger partial charge in [0.2, 0.25) is 0 Å². The molecule has 0 saturated heterocycles. The molecule has 0 saturated carbocycles. The number of anilines is 1. The molecule has 2 aromatic rings. The Morgan fingerprint density at radius 1 is 1.10 bits per heavy atom. The molecule has 20 heavy (non-hydrogen) atoms. The van der Waals surface area contributed by atoms with Crippen LogP contribution in [0.2, 0.25) is 0 Å². The van der Waals surface area contributed by atoms with Crippen LogP contribution < -0.4 is 5.73 Å². The lowest BCUT2D eigenvalue weighted by Crippen LogP contribution is -2.10. The molecule has 0 atom stereocenters. The summed E-state index contributed by atoms with van der Waals surface area (Å²) >= 11 is 0. The van der Waals surface area contributed by atoms with Gasteiger partial charge in [0.05, 0.1) is 6.42 Å². The summed E-state index contributed by atoms with van der Waals surface area (Å²) in [6, 6.07) is 11.3. The summed E-state index contributed by atoms with van der Waals surface area (Å²) in [6.07, 6.45) is -0.289. The molecule has 0 unspecified atom stereocenters. The van der Waals surface area contributed by atoms with E-state index in [4.69, 9.17) is 10.5 Å². The van der Waals surface area contributed by atoms with Gasteiger partial charge in [-0.25, -0.2) is 8.78 Å². The van der Waals surface area contributed by atoms with Gasteiger partial charge in [-0.3, -0.25) is 4.79 Å². The summed E-state index contributed by atoms with van der Waals surface area (Å²) in [5.41, 5.74) is 5.49. The van der Waals surface area contributed by atoms with E-state index in [0.717, 1.165) is 11.6 Å². The van der Waals surface area contributed by atoms with Crippen molar-refractivity contribution in [1.29, 1.82) is 0 Å². The van der Waals surface area contributed by atoms with Gasteiger partial charge in [-0.05, 0) is 11.6 Å². The molecule has 2 aromatic carbocycles. The van der Waals surface area contributed by atoms with Crippen LogP contribution in [-0.4, -0.2) is 5.97 Å². The third-order valence-corrected chi connectivity index (χ3v) is 2.78. The Kier molecular flexibility index (Phi) is 4.30. The number of nitrogens with two attached hydrogens (primary N) is 1. The average Bonchev–Trinajstić information content (AvgIpc) is 2.47. The maximum Gasteiger partial charge on any atom is 0.310 e. The van der Waals surface area contributed by atoms with Gasteiger partial charge >= 0.3 is 5.97 Å². The van der Waals surface area contributed by atoms with Crippen molar-refractivity contribution in [1.82, 2.24) is 0 Å². The SMILES string of the molecule is Nc1c(F)ccc(CC(=O)OCc2ccccc2)c1F. The van der Waals surface area contributed by atoms with Crippen LogP contribution in [0.25, 0.3) is 0 Å². The molecule has 0 aliphatic rings. The normalized spacial score (nSPS) is 10.3. The molecule has 0 amide bonds. The van der Waals surface area contributed by atoms with Crippen molar-refractivity contribution in [2.75, 3.05) is 5.73 Å². The maximum atomic E-state index is 13.6. The number of ether oxygens (including phenoxy) is 1. The first-order valence-electron chi connectivity index (χ1n) is 6.00.